The molecule has 0 fully saturated rings. The van der Waals surface area contributed by atoms with Crippen LogP contribution < -0.4 is 5.32 Å². The summed E-state index contributed by atoms with van der Waals surface area (Å²) in [5.41, 5.74) is 0. The van der Waals surface area contributed by atoms with Crippen LogP contribution in [0.3, 0.4) is 0 Å². The van der Waals surface area contributed by atoms with Crippen LogP contribution in [0.4, 0.5) is 5.82 Å². The van der Waals surface area contributed by atoms with Crippen molar-refractivity contribution in [2.24, 2.45) is 0 Å². The Morgan fingerprint density at radius 3 is 3.00 bits per heavy atom. The van der Waals surface area contributed by atoms with Gasteiger partial charge in [0.25, 0.3) is 0 Å². The molecule has 1 aromatic heterocycles. The van der Waals surface area contributed by atoms with Gasteiger partial charge in [0.1, 0.15) is 5.82 Å². The highest BCUT2D eigenvalue weighted by atomic mass is 15.0. The molecule has 0 radical (unpaired) electrons. The van der Waals surface area contributed by atoms with Gasteiger partial charge in [-0.2, -0.15) is 0 Å². The lowest BCUT2D eigenvalue weighted by Crippen LogP contribution is -1.88. The summed E-state index contributed by atoms with van der Waals surface area (Å²) in [6.07, 6.45) is 5.53. The number of hydrogen-bond acceptors (Lipinski definition) is 2. The van der Waals surface area contributed by atoms with E-state index < -0.39 is 0 Å². The zero-order chi connectivity index (χ0) is 7.23. The van der Waals surface area contributed by atoms with Crippen LogP contribution in [0.15, 0.2) is 36.7 Å². The molecule has 0 unspecified atom stereocenters. The molecule has 0 bridgehead atoms. The first-order valence-corrected chi connectivity index (χ1v) is 3.22. The summed E-state index contributed by atoms with van der Waals surface area (Å²) < 4.78 is 0. The normalized spacial score (nSPS) is 10.1. The first kappa shape index (κ1) is 6.81. The van der Waals surface area contributed by atoms with Crippen molar-refractivity contribution in [3.05, 3.63) is 36.7 Å². The van der Waals surface area contributed by atoms with Crippen LogP contribution in [-0.4, -0.2) is 4.98 Å². The fourth-order valence-corrected chi connectivity index (χ4v) is 0.617. The van der Waals surface area contributed by atoms with Crippen molar-refractivity contribution in [2.75, 3.05) is 5.32 Å². The fourth-order valence-electron chi connectivity index (χ4n) is 0.617. The highest BCUT2D eigenvalue weighted by molar-refractivity contribution is 5.36. The molecule has 0 amide bonds. The van der Waals surface area contributed by atoms with E-state index in [2.05, 4.69) is 10.3 Å². The topological polar surface area (TPSA) is 24.9 Å². The molecule has 0 aliphatic rings. The van der Waals surface area contributed by atoms with E-state index in [1.807, 2.05) is 37.4 Å². The first-order valence-electron chi connectivity index (χ1n) is 3.22. The second kappa shape index (κ2) is 3.67. The standard InChI is InChI=1S/C8H10N2/c1-2-6-9-8-5-3-4-7-10-8/h2-7H,1H3,(H,9,10)/b6-2-. The smallest absolute Gasteiger partial charge is 0.129 e. The van der Waals surface area contributed by atoms with E-state index in [0.717, 1.165) is 5.82 Å². The van der Waals surface area contributed by atoms with E-state index in [0.29, 0.717) is 0 Å². The average Bonchev–Trinajstić information content (AvgIpc) is 2.03. The van der Waals surface area contributed by atoms with Gasteiger partial charge in [0, 0.05) is 6.20 Å². The predicted molar refractivity (Wildman–Crippen MR) is 42.7 cm³/mol. The maximum absolute atomic E-state index is 4.05. The Morgan fingerprint density at radius 1 is 1.50 bits per heavy atom. The number of nitrogens with one attached hydrogen (secondary N) is 1. The summed E-state index contributed by atoms with van der Waals surface area (Å²) in [5.74, 6) is 0.876. The quantitative estimate of drug-likeness (QED) is 0.669. The minimum atomic E-state index is 0.876. The highest BCUT2D eigenvalue weighted by Gasteiger charge is 1.82. The average molecular weight is 134 g/mol. The molecule has 0 atom stereocenters. The van der Waals surface area contributed by atoms with E-state index in [9.17, 15) is 0 Å². The summed E-state index contributed by atoms with van der Waals surface area (Å²) in [4.78, 5) is 4.05. The molecule has 0 aliphatic carbocycles. The third-order valence-corrected chi connectivity index (χ3v) is 1.06. The largest absolute Gasteiger partial charge is 0.347 e. The first-order chi connectivity index (χ1) is 4.93. The molecule has 1 N–H and O–H groups in total. The van der Waals surface area contributed by atoms with Gasteiger partial charge in [0.2, 0.25) is 0 Å². The number of nitrogens with zero attached hydrogens (tertiary/aromatic N) is 1. The molecular formula is C8H10N2. The Kier molecular flexibility index (Phi) is 2.49. The molecule has 10 heavy (non-hydrogen) atoms. The molecule has 0 saturated heterocycles. The number of allylic oxidation sites excluding steroid dienone is 1. The van der Waals surface area contributed by atoms with Gasteiger partial charge in [-0.1, -0.05) is 12.1 Å². The summed E-state index contributed by atoms with van der Waals surface area (Å²) >= 11 is 0. The van der Waals surface area contributed by atoms with Gasteiger partial charge in [0.05, 0.1) is 0 Å². The number of hydrogen-bond donors (Lipinski definition) is 1. The van der Waals surface area contributed by atoms with Crippen molar-refractivity contribution < 1.29 is 0 Å². The summed E-state index contributed by atoms with van der Waals surface area (Å²) in [7, 11) is 0. The third kappa shape index (κ3) is 1.90. The molecule has 0 aliphatic heterocycles. The van der Waals surface area contributed by atoms with Gasteiger partial charge < -0.3 is 5.32 Å². The van der Waals surface area contributed by atoms with Gasteiger partial charge in [0.15, 0.2) is 0 Å². The molecular weight excluding hydrogens is 124 g/mol. The monoisotopic (exact) mass is 134 g/mol. The Bertz CT molecular complexity index is 204. The molecule has 0 spiro atoms. The Labute approximate surface area is 60.6 Å². The zero-order valence-electron chi connectivity index (χ0n) is 5.91. The third-order valence-electron chi connectivity index (χ3n) is 1.06. The number of aromatic nitrogens is 1. The van der Waals surface area contributed by atoms with Crippen LogP contribution in [0.5, 0.6) is 0 Å². The SMILES string of the molecule is C/C=C\Nc1ccccn1. The van der Waals surface area contributed by atoms with Crippen LogP contribution in [0.2, 0.25) is 0 Å². The molecule has 2 heteroatoms. The van der Waals surface area contributed by atoms with Crippen molar-refractivity contribution in [3.63, 3.8) is 0 Å². The number of anilines is 1. The number of rotatable bonds is 2. The maximum atomic E-state index is 4.05. The van der Waals surface area contributed by atoms with Crippen LogP contribution in [0, 0.1) is 0 Å². The summed E-state index contributed by atoms with van der Waals surface area (Å²) in [5, 5.41) is 3.00. The minimum absolute atomic E-state index is 0.876. The van der Waals surface area contributed by atoms with Gasteiger partial charge >= 0.3 is 0 Å². The molecule has 2 nitrogen and oxygen atoms in total. The molecule has 1 rings (SSSR count). The van der Waals surface area contributed by atoms with Crippen LogP contribution in [0.1, 0.15) is 6.92 Å². The number of pyridine rings is 1. The highest BCUT2D eigenvalue weighted by Crippen LogP contribution is 1.98. The van der Waals surface area contributed by atoms with Crippen LogP contribution in [0.25, 0.3) is 0 Å². The minimum Gasteiger partial charge on any atom is -0.347 e. The second-order valence-corrected chi connectivity index (χ2v) is 1.86. The van der Waals surface area contributed by atoms with Crippen molar-refractivity contribution in [1.29, 1.82) is 0 Å². The van der Waals surface area contributed by atoms with E-state index in [1.165, 1.54) is 0 Å². The molecule has 0 saturated carbocycles. The second-order valence-electron chi connectivity index (χ2n) is 1.86. The Balaban J connectivity index is 2.59. The zero-order valence-corrected chi connectivity index (χ0v) is 5.91. The predicted octanol–water partition coefficient (Wildman–Crippen LogP) is 2.03. The Morgan fingerprint density at radius 2 is 2.40 bits per heavy atom. The summed E-state index contributed by atoms with van der Waals surface area (Å²) in [6.45, 7) is 1.95. The van der Waals surface area contributed by atoms with Crippen LogP contribution in [-0.2, 0) is 0 Å². The molecule has 1 heterocycles. The van der Waals surface area contributed by atoms with Gasteiger partial charge in [-0.3, -0.25) is 0 Å². The van der Waals surface area contributed by atoms with Crippen molar-refractivity contribution in [3.8, 4) is 0 Å². The van der Waals surface area contributed by atoms with Gasteiger partial charge in [-0.25, -0.2) is 4.98 Å². The van der Waals surface area contributed by atoms with Crippen LogP contribution >= 0.6 is 0 Å². The van der Waals surface area contributed by atoms with Crippen molar-refractivity contribution in [1.82, 2.24) is 4.98 Å². The molecule has 1 aromatic rings. The van der Waals surface area contributed by atoms with Crippen molar-refractivity contribution >= 4 is 5.82 Å². The van der Waals surface area contributed by atoms with Gasteiger partial charge in [-0.05, 0) is 25.3 Å². The van der Waals surface area contributed by atoms with E-state index in [4.69, 9.17) is 0 Å². The lowest BCUT2D eigenvalue weighted by Gasteiger charge is -1.95. The maximum Gasteiger partial charge on any atom is 0.129 e. The lowest BCUT2D eigenvalue weighted by atomic mass is 10.5. The lowest BCUT2D eigenvalue weighted by molar-refractivity contribution is 1.31. The van der Waals surface area contributed by atoms with Gasteiger partial charge in [-0.15, -0.1) is 0 Å². The van der Waals surface area contributed by atoms with E-state index in [1.54, 1.807) is 6.20 Å². The summed E-state index contributed by atoms with van der Waals surface area (Å²) in [6, 6.07) is 5.75. The molecule has 52 valence electrons. The Hall–Kier alpha value is -1.31. The fraction of sp³-hybridized carbons (Fsp3) is 0.125. The van der Waals surface area contributed by atoms with Crippen molar-refractivity contribution in [2.45, 2.75) is 6.92 Å². The van der Waals surface area contributed by atoms with E-state index in [-0.39, 0.29) is 0 Å². The molecule has 0 aromatic carbocycles. The van der Waals surface area contributed by atoms with E-state index >= 15 is 0 Å².